The van der Waals surface area contributed by atoms with Gasteiger partial charge in [-0.05, 0) is 43.0 Å². The van der Waals surface area contributed by atoms with Crippen molar-refractivity contribution in [1.82, 2.24) is 10.3 Å². The van der Waals surface area contributed by atoms with E-state index in [1.807, 2.05) is 12.3 Å². The molecule has 1 aliphatic rings. The molecule has 2 heterocycles. The summed E-state index contributed by atoms with van der Waals surface area (Å²) in [5.74, 6) is 0.813. The average Bonchev–Trinajstić information content (AvgIpc) is 2.61. The summed E-state index contributed by atoms with van der Waals surface area (Å²) in [6, 6.07) is 11.0. The zero-order chi connectivity index (χ0) is 17.3. The molecule has 5 nitrogen and oxygen atoms in total. The largest absolute Gasteiger partial charge is 0.490 e. The number of aliphatic hydroxyl groups excluding tert-OH is 1. The van der Waals surface area contributed by atoms with Gasteiger partial charge in [-0.15, -0.1) is 0 Å². The molecule has 1 saturated heterocycles. The summed E-state index contributed by atoms with van der Waals surface area (Å²) >= 11 is 0. The van der Waals surface area contributed by atoms with E-state index in [4.69, 9.17) is 14.6 Å². The number of aromatic nitrogens is 1. The Morgan fingerprint density at radius 3 is 2.68 bits per heavy atom. The van der Waals surface area contributed by atoms with Crippen molar-refractivity contribution in [1.29, 1.82) is 0 Å². The molecule has 1 aromatic carbocycles. The highest BCUT2D eigenvalue weighted by molar-refractivity contribution is 5.64. The Kier molecular flexibility index (Phi) is 6.79. The number of rotatable bonds is 10. The van der Waals surface area contributed by atoms with Gasteiger partial charge in [0.15, 0.2) is 0 Å². The van der Waals surface area contributed by atoms with Crippen molar-refractivity contribution >= 4 is 0 Å². The summed E-state index contributed by atoms with van der Waals surface area (Å²) in [5, 5.41) is 12.0. The molecule has 0 aliphatic carbocycles. The van der Waals surface area contributed by atoms with Gasteiger partial charge in [0.1, 0.15) is 12.4 Å². The maximum atomic E-state index is 8.72. The van der Waals surface area contributed by atoms with Gasteiger partial charge in [0.05, 0.1) is 12.8 Å². The van der Waals surface area contributed by atoms with Gasteiger partial charge in [0, 0.05) is 31.0 Å². The van der Waals surface area contributed by atoms with E-state index in [2.05, 4.69) is 34.6 Å². The molecule has 0 amide bonds. The van der Waals surface area contributed by atoms with Crippen molar-refractivity contribution in [2.24, 2.45) is 0 Å². The minimum absolute atomic E-state index is 0.183. The number of nitrogens with zero attached hydrogens (tertiary/aromatic N) is 1. The highest BCUT2D eigenvalue weighted by Gasteiger charge is 2.16. The molecule has 1 aromatic heterocycles. The van der Waals surface area contributed by atoms with Crippen molar-refractivity contribution in [3.63, 3.8) is 0 Å². The molecular formula is C20H26N2O3. The predicted molar refractivity (Wildman–Crippen MR) is 97.8 cm³/mol. The highest BCUT2D eigenvalue weighted by atomic mass is 16.5. The fourth-order valence-corrected chi connectivity index (χ4v) is 2.67. The Morgan fingerprint density at radius 2 is 1.96 bits per heavy atom. The van der Waals surface area contributed by atoms with E-state index in [1.54, 1.807) is 6.20 Å². The molecule has 1 unspecified atom stereocenters. The Bertz CT molecular complexity index is 642. The maximum absolute atomic E-state index is 8.72. The minimum atomic E-state index is 0.183. The van der Waals surface area contributed by atoms with E-state index in [9.17, 15) is 0 Å². The zero-order valence-electron chi connectivity index (χ0n) is 14.5. The van der Waals surface area contributed by atoms with Gasteiger partial charge in [0.25, 0.3) is 0 Å². The molecule has 134 valence electrons. The van der Waals surface area contributed by atoms with E-state index in [1.165, 1.54) is 12.0 Å². The third-order valence-electron chi connectivity index (χ3n) is 4.36. The number of hydrogen-bond acceptors (Lipinski definition) is 5. The van der Waals surface area contributed by atoms with Crippen LogP contribution in [0.2, 0.25) is 0 Å². The molecule has 1 fully saturated rings. The Labute approximate surface area is 149 Å². The molecule has 0 radical (unpaired) electrons. The van der Waals surface area contributed by atoms with Gasteiger partial charge in [-0.2, -0.15) is 0 Å². The van der Waals surface area contributed by atoms with E-state index in [-0.39, 0.29) is 6.61 Å². The summed E-state index contributed by atoms with van der Waals surface area (Å²) in [6.07, 6.45) is 6.38. The first-order chi connectivity index (χ1) is 12.3. The first kappa shape index (κ1) is 17.9. The average molecular weight is 342 g/mol. The van der Waals surface area contributed by atoms with Crippen LogP contribution in [0, 0.1) is 0 Å². The number of benzene rings is 1. The third kappa shape index (κ3) is 5.53. The lowest BCUT2D eigenvalue weighted by molar-refractivity contribution is 0.118. The Balaban J connectivity index is 1.52. The minimum Gasteiger partial charge on any atom is -0.490 e. The Hall–Kier alpha value is -1.95. The van der Waals surface area contributed by atoms with Crippen LogP contribution in [0.3, 0.4) is 0 Å². The monoisotopic (exact) mass is 342 g/mol. The summed E-state index contributed by atoms with van der Waals surface area (Å²) < 4.78 is 11.3. The number of aliphatic hydroxyl groups is 1. The first-order valence-corrected chi connectivity index (χ1v) is 8.94. The quantitative estimate of drug-likeness (QED) is 0.649. The van der Waals surface area contributed by atoms with Gasteiger partial charge in [-0.25, -0.2) is 0 Å². The molecule has 0 saturated carbocycles. The smallest absolute Gasteiger partial charge is 0.138 e. The van der Waals surface area contributed by atoms with Gasteiger partial charge >= 0.3 is 0 Å². The zero-order valence-corrected chi connectivity index (χ0v) is 14.5. The predicted octanol–water partition coefficient (Wildman–Crippen LogP) is 2.43. The van der Waals surface area contributed by atoms with Crippen molar-refractivity contribution < 1.29 is 14.6 Å². The van der Waals surface area contributed by atoms with Crippen LogP contribution >= 0.6 is 0 Å². The Morgan fingerprint density at radius 1 is 1.12 bits per heavy atom. The van der Waals surface area contributed by atoms with E-state index < -0.39 is 0 Å². The molecule has 1 aliphatic heterocycles. The van der Waals surface area contributed by atoms with Gasteiger partial charge < -0.3 is 19.9 Å². The molecule has 5 heteroatoms. The molecule has 1 atom stereocenters. The highest BCUT2D eigenvalue weighted by Crippen LogP contribution is 2.23. The lowest BCUT2D eigenvalue weighted by Crippen LogP contribution is -2.46. The van der Waals surface area contributed by atoms with Crippen LogP contribution in [-0.2, 0) is 11.2 Å². The lowest BCUT2D eigenvalue weighted by Gasteiger charge is -2.27. The van der Waals surface area contributed by atoms with Crippen LogP contribution < -0.4 is 10.1 Å². The number of ether oxygens (including phenoxy) is 2. The second-order valence-electron chi connectivity index (χ2n) is 6.30. The standard InChI is InChI=1S/C20H26N2O3/c23-9-1-10-24-11-7-16-2-4-17(5-3-16)18-12-20(14-21-13-18)25-15-19-6-8-22-19/h2-5,12-14,19,22-23H,1,6-11,15H2. The van der Waals surface area contributed by atoms with Crippen LogP contribution in [0.5, 0.6) is 5.75 Å². The van der Waals surface area contributed by atoms with Gasteiger partial charge in [-0.3, -0.25) is 4.98 Å². The number of nitrogens with one attached hydrogen (secondary N) is 1. The molecular weight excluding hydrogens is 316 g/mol. The van der Waals surface area contributed by atoms with Crippen molar-refractivity contribution in [3.05, 3.63) is 48.3 Å². The molecule has 25 heavy (non-hydrogen) atoms. The lowest BCUT2D eigenvalue weighted by atomic mass is 10.0. The number of hydrogen-bond donors (Lipinski definition) is 2. The van der Waals surface area contributed by atoms with Crippen LogP contribution in [0.25, 0.3) is 11.1 Å². The molecule has 0 spiro atoms. The SMILES string of the molecule is OCCCOCCc1ccc(-c2cncc(OCC3CCN3)c2)cc1. The number of pyridine rings is 1. The van der Waals surface area contributed by atoms with Gasteiger partial charge in [0.2, 0.25) is 0 Å². The second-order valence-corrected chi connectivity index (χ2v) is 6.30. The van der Waals surface area contributed by atoms with E-state index >= 15 is 0 Å². The van der Waals surface area contributed by atoms with Crippen molar-refractivity contribution in [2.45, 2.75) is 25.3 Å². The van der Waals surface area contributed by atoms with Crippen LogP contribution in [-0.4, -0.2) is 49.1 Å². The summed E-state index contributed by atoms with van der Waals surface area (Å²) in [4.78, 5) is 4.30. The fraction of sp³-hybridized carbons (Fsp3) is 0.450. The molecule has 2 N–H and O–H groups in total. The second kappa shape index (κ2) is 9.51. The van der Waals surface area contributed by atoms with Crippen LogP contribution in [0.1, 0.15) is 18.4 Å². The molecule has 3 rings (SSSR count). The fourth-order valence-electron chi connectivity index (χ4n) is 2.67. The van der Waals surface area contributed by atoms with Crippen molar-refractivity contribution in [2.75, 3.05) is 33.0 Å². The van der Waals surface area contributed by atoms with Crippen LogP contribution in [0.15, 0.2) is 42.7 Å². The normalized spacial score (nSPS) is 16.4. The molecule has 2 aromatic rings. The van der Waals surface area contributed by atoms with Gasteiger partial charge in [-0.1, -0.05) is 24.3 Å². The van der Waals surface area contributed by atoms with Crippen LogP contribution in [0.4, 0.5) is 0 Å². The first-order valence-electron chi connectivity index (χ1n) is 8.94. The van der Waals surface area contributed by atoms with Crippen molar-refractivity contribution in [3.8, 4) is 16.9 Å². The topological polar surface area (TPSA) is 63.6 Å². The van der Waals surface area contributed by atoms with E-state index in [0.717, 1.165) is 29.8 Å². The third-order valence-corrected chi connectivity index (χ3v) is 4.36. The summed E-state index contributed by atoms with van der Waals surface area (Å²) in [7, 11) is 0. The molecule has 0 bridgehead atoms. The maximum Gasteiger partial charge on any atom is 0.138 e. The summed E-state index contributed by atoms with van der Waals surface area (Å²) in [6.45, 7) is 3.26. The summed E-state index contributed by atoms with van der Waals surface area (Å²) in [5.41, 5.74) is 3.43. The van der Waals surface area contributed by atoms with E-state index in [0.29, 0.717) is 32.3 Å².